The number of benzene rings is 2. The number of carbonyl (C=O) groups is 4. The molecule has 0 aliphatic heterocycles. The molecule has 0 radical (unpaired) electrons. The van der Waals surface area contributed by atoms with Crippen LogP contribution in [0, 0.1) is 11.8 Å². The molecule has 1 fully saturated rings. The zero-order valence-corrected chi connectivity index (χ0v) is 23.1. The molecule has 12 heteroatoms. The molecule has 0 bridgehead atoms. The van der Waals surface area contributed by atoms with Crippen molar-refractivity contribution in [3.05, 3.63) is 81.0 Å². The number of para-hydroxylation sites is 1. The number of nitrogens with one attached hydrogen (secondary N) is 3. The van der Waals surface area contributed by atoms with Gasteiger partial charge in [-0.1, -0.05) is 42.5 Å². The van der Waals surface area contributed by atoms with Gasteiger partial charge in [0.25, 0.3) is 5.56 Å². The second kappa shape index (κ2) is 13.7. The fourth-order valence-electron chi connectivity index (χ4n) is 5.40. The van der Waals surface area contributed by atoms with Gasteiger partial charge < -0.3 is 26.5 Å². The van der Waals surface area contributed by atoms with E-state index in [2.05, 4.69) is 15.6 Å². The van der Waals surface area contributed by atoms with Gasteiger partial charge >= 0.3 is 11.7 Å². The number of hydrogen-bond acceptors (Lipinski definition) is 6. The van der Waals surface area contributed by atoms with Crippen LogP contribution in [-0.2, 0) is 25.6 Å². The van der Waals surface area contributed by atoms with Gasteiger partial charge in [0.1, 0.15) is 12.1 Å². The lowest BCUT2D eigenvalue weighted by atomic mass is 9.82. The van der Waals surface area contributed by atoms with E-state index in [9.17, 15) is 33.9 Å². The summed E-state index contributed by atoms with van der Waals surface area (Å²) >= 11 is 0. The van der Waals surface area contributed by atoms with Crippen LogP contribution in [0.15, 0.2) is 64.2 Å². The molecule has 2 atom stereocenters. The van der Waals surface area contributed by atoms with E-state index in [-0.39, 0.29) is 43.0 Å². The summed E-state index contributed by atoms with van der Waals surface area (Å²) in [6, 6.07) is 12.9. The fraction of sp³-hybridized carbons (Fsp3) is 0.400. The maximum absolute atomic E-state index is 13.8. The molecule has 0 saturated heterocycles. The number of rotatable bonds is 12. The number of aromatic amines is 1. The number of carboxylic acid groups (broad SMARTS) is 1. The Morgan fingerprint density at radius 2 is 1.62 bits per heavy atom. The van der Waals surface area contributed by atoms with Gasteiger partial charge in [0.15, 0.2) is 0 Å². The summed E-state index contributed by atoms with van der Waals surface area (Å²) in [4.78, 5) is 79.0. The maximum Gasteiger partial charge on any atom is 0.329 e. The number of nitrogens with two attached hydrogens (primary N) is 1. The summed E-state index contributed by atoms with van der Waals surface area (Å²) in [6.07, 6.45) is 2.05. The lowest BCUT2D eigenvalue weighted by molar-refractivity contribution is -0.143. The Hall–Kier alpha value is -4.74. The van der Waals surface area contributed by atoms with Gasteiger partial charge in [-0.2, -0.15) is 0 Å². The van der Waals surface area contributed by atoms with Crippen molar-refractivity contribution in [2.24, 2.45) is 17.6 Å². The molecule has 222 valence electrons. The van der Waals surface area contributed by atoms with E-state index in [0.29, 0.717) is 36.8 Å². The highest BCUT2D eigenvalue weighted by atomic mass is 16.4. The van der Waals surface area contributed by atoms with Crippen molar-refractivity contribution in [1.29, 1.82) is 0 Å². The molecule has 4 rings (SSSR count). The Morgan fingerprint density at radius 1 is 0.952 bits per heavy atom. The molecule has 1 heterocycles. The van der Waals surface area contributed by atoms with Crippen LogP contribution >= 0.6 is 0 Å². The van der Waals surface area contributed by atoms with Gasteiger partial charge in [-0.15, -0.1) is 0 Å². The van der Waals surface area contributed by atoms with E-state index in [1.54, 1.807) is 54.6 Å². The third-order valence-electron chi connectivity index (χ3n) is 7.80. The summed E-state index contributed by atoms with van der Waals surface area (Å²) in [5.74, 6) is -3.06. The SMILES string of the molecule is NC(=O)CC[C@H](NC(=O)[C@H](Cc1ccccc1)n1c(=O)[nH]c2ccccc2c1=O)C(=O)NCC1CCC(C(=O)O)CC1. The number of nitrogens with zero attached hydrogens (tertiary/aromatic N) is 1. The van der Waals surface area contributed by atoms with E-state index >= 15 is 0 Å². The average Bonchev–Trinajstić information content (AvgIpc) is 2.98. The molecular formula is C30H35N5O7. The van der Waals surface area contributed by atoms with Crippen LogP contribution in [0.3, 0.4) is 0 Å². The monoisotopic (exact) mass is 577 g/mol. The zero-order chi connectivity index (χ0) is 30.2. The summed E-state index contributed by atoms with van der Waals surface area (Å²) in [5.41, 5.74) is 4.92. The number of aliphatic carboxylic acids is 1. The Bertz CT molecular complexity index is 1560. The van der Waals surface area contributed by atoms with E-state index in [1.165, 1.54) is 0 Å². The minimum atomic E-state index is -1.30. The summed E-state index contributed by atoms with van der Waals surface area (Å²) < 4.78 is 0.856. The van der Waals surface area contributed by atoms with E-state index in [4.69, 9.17) is 5.73 Å². The lowest BCUT2D eigenvalue weighted by Gasteiger charge is -2.27. The molecule has 1 aromatic heterocycles. The van der Waals surface area contributed by atoms with Crippen LogP contribution in [0.5, 0.6) is 0 Å². The number of carbonyl (C=O) groups excluding carboxylic acids is 3. The molecule has 3 amide bonds. The predicted octanol–water partition coefficient (Wildman–Crippen LogP) is 1.23. The van der Waals surface area contributed by atoms with E-state index in [1.807, 2.05) is 0 Å². The van der Waals surface area contributed by atoms with Crippen LogP contribution in [0.4, 0.5) is 0 Å². The van der Waals surface area contributed by atoms with Crippen molar-refractivity contribution in [2.45, 2.75) is 57.0 Å². The van der Waals surface area contributed by atoms with Crippen LogP contribution in [-0.4, -0.2) is 50.9 Å². The second-order valence-corrected chi connectivity index (χ2v) is 10.7. The molecule has 2 aromatic carbocycles. The van der Waals surface area contributed by atoms with Gasteiger partial charge in [-0.05, 0) is 55.7 Å². The maximum atomic E-state index is 13.8. The van der Waals surface area contributed by atoms with E-state index in [0.717, 1.165) is 4.57 Å². The van der Waals surface area contributed by atoms with Crippen LogP contribution < -0.4 is 27.6 Å². The number of primary amides is 1. The van der Waals surface area contributed by atoms with Gasteiger partial charge in [0.05, 0.1) is 16.8 Å². The number of fused-ring (bicyclic) bond motifs is 1. The van der Waals surface area contributed by atoms with Crippen LogP contribution in [0.25, 0.3) is 10.9 Å². The molecule has 42 heavy (non-hydrogen) atoms. The minimum absolute atomic E-state index is 0.00895. The first-order chi connectivity index (χ1) is 20.1. The highest BCUT2D eigenvalue weighted by molar-refractivity contribution is 5.90. The standard InChI is InChI=1S/C30H35N5O7/c31-25(36)15-14-23(26(37)32-17-19-10-12-20(13-11-19)29(40)41)33-27(38)24(16-18-6-2-1-3-7-18)35-28(39)21-8-4-5-9-22(21)34-30(35)42/h1-9,19-20,23-24H,10-17H2,(H2,31,36)(H,32,37)(H,33,38)(H,34,42)(H,40,41)/t19?,20?,23-,24-/m0/s1. The molecule has 3 aromatic rings. The van der Waals surface area contributed by atoms with E-state index < -0.39 is 47.0 Å². The van der Waals surface area contributed by atoms with Crippen molar-refractivity contribution < 1.29 is 24.3 Å². The summed E-state index contributed by atoms with van der Waals surface area (Å²) in [7, 11) is 0. The number of aromatic nitrogens is 2. The lowest BCUT2D eigenvalue weighted by Crippen LogP contribution is -2.52. The smallest absolute Gasteiger partial charge is 0.329 e. The molecule has 0 unspecified atom stereocenters. The minimum Gasteiger partial charge on any atom is -0.481 e. The second-order valence-electron chi connectivity index (χ2n) is 10.7. The molecule has 1 aliphatic rings. The van der Waals surface area contributed by atoms with Gasteiger partial charge in [-0.25, -0.2) is 9.36 Å². The van der Waals surface area contributed by atoms with Gasteiger partial charge in [0.2, 0.25) is 17.7 Å². The predicted molar refractivity (Wildman–Crippen MR) is 154 cm³/mol. The summed E-state index contributed by atoms with van der Waals surface area (Å²) in [5, 5.41) is 14.9. The quantitative estimate of drug-likeness (QED) is 0.214. The summed E-state index contributed by atoms with van der Waals surface area (Å²) in [6.45, 7) is 0.283. The Morgan fingerprint density at radius 3 is 2.29 bits per heavy atom. The number of H-pyrrole nitrogens is 1. The van der Waals surface area contributed by atoms with Crippen LogP contribution in [0.2, 0.25) is 0 Å². The van der Waals surface area contributed by atoms with Crippen molar-refractivity contribution >= 4 is 34.6 Å². The molecular weight excluding hydrogens is 542 g/mol. The van der Waals surface area contributed by atoms with Crippen LogP contribution in [0.1, 0.15) is 50.1 Å². The molecule has 1 aliphatic carbocycles. The largest absolute Gasteiger partial charge is 0.481 e. The highest BCUT2D eigenvalue weighted by Crippen LogP contribution is 2.28. The zero-order valence-electron chi connectivity index (χ0n) is 23.1. The molecule has 12 nitrogen and oxygen atoms in total. The third-order valence-corrected chi connectivity index (χ3v) is 7.80. The molecule has 0 spiro atoms. The van der Waals surface area contributed by atoms with Crippen molar-refractivity contribution in [1.82, 2.24) is 20.2 Å². The Kier molecular flexibility index (Phi) is 9.89. The first kappa shape index (κ1) is 30.2. The number of amides is 3. The normalized spacial score (nSPS) is 18.1. The third kappa shape index (κ3) is 7.50. The average molecular weight is 578 g/mol. The first-order valence-corrected chi connectivity index (χ1v) is 14.0. The highest BCUT2D eigenvalue weighted by Gasteiger charge is 2.31. The topological polar surface area (TPSA) is 193 Å². The van der Waals surface area contributed by atoms with Crippen molar-refractivity contribution in [2.75, 3.05) is 6.54 Å². The fourth-order valence-corrected chi connectivity index (χ4v) is 5.40. The number of carboxylic acids is 1. The van der Waals surface area contributed by atoms with Crippen molar-refractivity contribution in [3.63, 3.8) is 0 Å². The van der Waals surface area contributed by atoms with Gasteiger partial charge in [-0.3, -0.25) is 24.0 Å². The Balaban J connectivity index is 1.57. The first-order valence-electron chi connectivity index (χ1n) is 14.0. The van der Waals surface area contributed by atoms with Gasteiger partial charge in [0, 0.05) is 19.4 Å². The molecule has 6 N–H and O–H groups in total. The Labute approximate surface area is 241 Å². The van der Waals surface area contributed by atoms with Crippen molar-refractivity contribution in [3.8, 4) is 0 Å². The number of hydrogen-bond donors (Lipinski definition) is 5. The molecule has 1 saturated carbocycles.